The van der Waals surface area contributed by atoms with Crippen LogP contribution in [0.4, 0.5) is 17.1 Å². The molecular weight excluding hydrogens is 358 g/mol. The Labute approximate surface area is 161 Å². The Bertz CT molecular complexity index is 1050. The van der Waals surface area contributed by atoms with E-state index in [1.165, 1.54) is 24.3 Å². The van der Waals surface area contributed by atoms with Crippen molar-refractivity contribution >= 4 is 28.9 Å². The Morgan fingerprint density at radius 3 is 2.18 bits per heavy atom. The number of anilines is 2. The molecule has 0 heterocycles. The Morgan fingerprint density at radius 1 is 0.821 bits per heavy atom. The molecule has 3 rings (SSSR count). The lowest BCUT2D eigenvalue weighted by atomic mass is 10.1. The molecule has 140 valence electrons. The van der Waals surface area contributed by atoms with Gasteiger partial charge >= 0.3 is 0 Å². The fraction of sp³-hybridized carbons (Fsp3) is 0.0476. The number of nitrogens with one attached hydrogen (secondary N) is 2. The van der Waals surface area contributed by atoms with Crippen LogP contribution in [0.2, 0.25) is 0 Å². The third kappa shape index (κ3) is 4.39. The van der Waals surface area contributed by atoms with Crippen LogP contribution in [0.3, 0.4) is 0 Å². The highest BCUT2D eigenvalue weighted by Gasteiger charge is 2.12. The number of nitrogens with zero attached hydrogens (tertiary/aromatic N) is 1. The summed E-state index contributed by atoms with van der Waals surface area (Å²) in [6, 6.07) is 19.3. The van der Waals surface area contributed by atoms with Crippen LogP contribution in [-0.2, 0) is 0 Å². The maximum atomic E-state index is 12.4. The van der Waals surface area contributed by atoms with E-state index in [4.69, 9.17) is 0 Å². The number of amides is 2. The molecule has 3 aromatic rings. The van der Waals surface area contributed by atoms with Gasteiger partial charge in [-0.1, -0.05) is 24.3 Å². The van der Waals surface area contributed by atoms with Crippen molar-refractivity contribution in [1.82, 2.24) is 0 Å². The van der Waals surface area contributed by atoms with Gasteiger partial charge in [0.2, 0.25) is 0 Å². The Kier molecular flexibility index (Phi) is 5.45. The molecule has 0 bridgehead atoms. The van der Waals surface area contributed by atoms with E-state index in [1.807, 2.05) is 31.2 Å². The smallest absolute Gasteiger partial charge is 0.270 e. The number of para-hydroxylation sites is 1. The summed E-state index contributed by atoms with van der Waals surface area (Å²) in [5.74, 6) is -0.730. The van der Waals surface area contributed by atoms with Crippen LogP contribution >= 0.6 is 0 Å². The van der Waals surface area contributed by atoms with Gasteiger partial charge in [0.25, 0.3) is 17.5 Å². The number of rotatable bonds is 5. The number of non-ortho nitro benzene ring substituents is 1. The van der Waals surface area contributed by atoms with Gasteiger partial charge in [0.05, 0.1) is 4.92 Å². The van der Waals surface area contributed by atoms with E-state index in [0.29, 0.717) is 11.3 Å². The molecule has 0 radical (unpaired) electrons. The van der Waals surface area contributed by atoms with Crippen molar-refractivity contribution in [1.29, 1.82) is 0 Å². The minimum atomic E-state index is -0.557. The van der Waals surface area contributed by atoms with Gasteiger partial charge in [-0.2, -0.15) is 0 Å². The molecule has 2 amide bonds. The lowest BCUT2D eigenvalue weighted by Gasteiger charge is -2.09. The normalized spacial score (nSPS) is 10.2. The van der Waals surface area contributed by atoms with Crippen LogP contribution in [0, 0.1) is 17.0 Å². The largest absolute Gasteiger partial charge is 0.322 e. The van der Waals surface area contributed by atoms with E-state index < -0.39 is 10.8 Å². The van der Waals surface area contributed by atoms with Crippen molar-refractivity contribution in [3.8, 4) is 0 Å². The Hall–Kier alpha value is -4.00. The number of carbonyl (C=O) groups excluding carboxylic acids is 2. The second-order valence-corrected chi connectivity index (χ2v) is 6.11. The quantitative estimate of drug-likeness (QED) is 0.509. The first-order valence-electron chi connectivity index (χ1n) is 8.47. The van der Waals surface area contributed by atoms with E-state index in [2.05, 4.69) is 10.6 Å². The summed E-state index contributed by atoms with van der Waals surface area (Å²) in [6.45, 7) is 1.90. The number of nitro benzene ring substituents is 1. The molecule has 0 saturated heterocycles. The zero-order chi connectivity index (χ0) is 20.1. The van der Waals surface area contributed by atoms with Crippen LogP contribution in [-0.4, -0.2) is 16.7 Å². The molecule has 0 saturated carbocycles. The number of nitro groups is 1. The second kappa shape index (κ2) is 8.13. The van der Waals surface area contributed by atoms with Gasteiger partial charge in [-0.15, -0.1) is 0 Å². The minimum absolute atomic E-state index is 0.157. The molecule has 0 fully saturated rings. The summed E-state index contributed by atoms with van der Waals surface area (Å²) in [6.07, 6.45) is 0. The van der Waals surface area contributed by atoms with Gasteiger partial charge in [0.15, 0.2) is 0 Å². The molecule has 7 heteroatoms. The number of carbonyl (C=O) groups is 2. The summed E-state index contributed by atoms with van der Waals surface area (Å²) in [5.41, 5.74) is 2.62. The first-order valence-corrected chi connectivity index (χ1v) is 8.47. The molecule has 0 spiro atoms. The summed E-state index contributed by atoms with van der Waals surface area (Å²) in [5, 5.41) is 16.3. The van der Waals surface area contributed by atoms with Crippen molar-refractivity contribution in [3.05, 3.63) is 99.6 Å². The van der Waals surface area contributed by atoms with Crippen molar-refractivity contribution in [2.75, 3.05) is 10.6 Å². The molecule has 0 atom stereocenters. The SMILES string of the molecule is Cc1ccccc1NC(=O)c1ccc(NC(=O)c2cccc([N+](=O)[O-])c2)cc1. The van der Waals surface area contributed by atoms with Crippen molar-refractivity contribution in [2.45, 2.75) is 6.92 Å². The topological polar surface area (TPSA) is 101 Å². The average Bonchev–Trinajstić information content (AvgIpc) is 2.70. The van der Waals surface area contributed by atoms with Crippen molar-refractivity contribution < 1.29 is 14.5 Å². The van der Waals surface area contributed by atoms with Crippen LogP contribution in [0.15, 0.2) is 72.8 Å². The highest BCUT2D eigenvalue weighted by atomic mass is 16.6. The third-order valence-electron chi connectivity index (χ3n) is 4.12. The van der Waals surface area contributed by atoms with Gasteiger partial charge in [-0.05, 0) is 48.9 Å². The molecule has 0 aromatic heterocycles. The minimum Gasteiger partial charge on any atom is -0.322 e. The van der Waals surface area contributed by atoms with Gasteiger partial charge in [0, 0.05) is 34.6 Å². The first-order chi connectivity index (χ1) is 13.4. The van der Waals surface area contributed by atoms with E-state index in [9.17, 15) is 19.7 Å². The molecule has 2 N–H and O–H groups in total. The van der Waals surface area contributed by atoms with Gasteiger partial charge in [-0.25, -0.2) is 0 Å². The first kappa shape index (κ1) is 18.8. The highest BCUT2D eigenvalue weighted by molar-refractivity contribution is 6.06. The predicted molar refractivity (Wildman–Crippen MR) is 107 cm³/mol. The van der Waals surface area contributed by atoms with Crippen molar-refractivity contribution in [3.63, 3.8) is 0 Å². The standard InChI is InChI=1S/C21H17N3O4/c1-14-5-2-3-8-19(14)23-20(25)15-9-11-17(12-10-15)22-21(26)16-6-4-7-18(13-16)24(27)28/h2-13H,1H3,(H,22,26)(H,23,25). The predicted octanol–water partition coefficient (Wildman–Crippen LogP) is 4.41. The van der Waals surface area contributed by atoms with Crippen LogP contribution in [0.25, 0.3) is 0 Å². The molecule has 0 aliphatic rings. The monoisotopic (exact) mass is 375 g/mol. The Balaban J connectivity index is 1.68. The molecule has 0 unspecified atom stereocenters. The lowest BCUT2D eigenvalue weighted by molar-refractivity contribution is -0.384. The van der Waals surface area contributed by atoms with Gasteiger partial charge in [-0.3, -0.25) is 19.7 Å². The number of hydrogen-bond acceptors (Lipinski definition) is 4. The van der Waals surface area contributed by atoms with E-state index in [-0.39, 0.29) is 17.2 Å². The van der Waals surface area contributed by atoms with Crippen LogP contribution in [0.5, 0.6) is 0 Å². The zero-order valence-electron chi connectivity index (χ0n) is 15.0. The molecule has 0 aliphatic heterocycles. The van der Waals surface area contributed by atoms with Gasteiger partial charge in [0.1, 0.15) is 0 Å². The molecule has 3 aromatic carbocycles. The summed E-state index contributed by atoms with van der Waals surface area (Å²) < 4.78 is 0. The fourth-order valence-corrected chi connectivity index (χ4v) is 2.58. The summed E-state index contributed by atoms with van der Waals surface area (Å²) in [7, 11) is 0. The van der Waals surface area contributed by atoms with Gasteiger partial charge < -0.3 is 10.6 Å². The van der Waals surface area contributed by atoms with Crippen molar-refractivity contribution in [2.24, 2.45) is 0 Å². The zero-order valence-corrected chi connectivity index (χ0v) is 15.0. The molecule has 7 nitrogen and oxygen atoms in total. The maximum absolute atomic E-state index is 12.4. The van der Waals surface area contributed by atoms with Crippen LogP contribution in [0.1, 0.15) is 26.3 Å². The number of aryl methyl sites for hydroxylation is 1. The number of hydrogen-bond donors (Lipinski definition) is 2. The molecule has 28 heavy (non-hydrogen) atoms. The lowest BCUT2D eigenvalue weighted by Crippen LogP contribution is -2.14. The average molecular weight is 375 g/mol. The Morgan fingerprint density at radius 2 is 1.50 bits per heavy atom. The highest BCUT2D eigenvalue weighted by Crippen LogP contribution is 2.18. The number of benzene rings is 3. The van der Waals surface area contributed by atoms with E-state index in [1.54, 1.807) is 24.3 Å². The summed E-state index contributed by atoms with van der Waals surface area (Å²) >= 11 is 0. The molecule has 0 aliphatic carbocycles. The fourth-order valence-electron chi connectivity index (χ4n) is 2.58. The van der Waals surface area contributed by atoms with Crippen LogP contribution < -0.4 is 10.6 Å². The maximum Gasteiger partial charge on any atom is 0.270 e. The molecular formula is C21H17N3O4. The third-order valence-corrected chi connectivity index (χ3v) is 4.12. The second-order valence-electron chi connectivity index (χ2n) is 6.11. The summed E-state index contributed by atoms with van der Waals surface area (Å²) in [4.78, 5) is 34.9. The van der Waals surface area contributed by atoms with E-state index in [0.717, 1.165) is 11.3 Å². The van der Waals surface area contributed by atoms with E-state index >= 15 is 0 Å².